The van der Waals surface area contributed by atoms with Crippen LogP contribution in [0.15, 0.2) is 23.0 Å². The van der Waals surface area contributed by atoms with Crippen molar-refractivity contribution in [1.82, 2.24) is 0 Å². The lowest BCUT2D eigenvalue weighted by molar-refractivity contribution is 0.327. The van der Waals surface area contributed by atoms with E-state index in [1.165, 1.54) is 0 Å². The first-order chi connectivity index (χ1) is 4.31. The van der Waals surface area contributed by atoms with E-state index in [1.807, 2.05) is 6.07 Å². The second-order valence-corrected chi connectivity index (χ2v) is 2.53. The quantitative estimate of drug-likeness (QED) is 0.530. The van der Waals surface area contributed by atoms with Gasteiger partial charge in [-0.05, 0) is 13.0 Å². The van der Waals surface area contributed by atoms with Crippen LogP contribution in [-0.2, 0) is 10.3 Å². The standard InChI is InChI=1S/C7H8O2/c1-7(5-9-7)6-2-3-8-4-6/h2-4H,5H2,1H3. The third kappa shape index (κ3) is 0.669. The molecule has 0 spiro atoms. The SMILES string of the molecule is CC1(c2ccoc2)CO1. The van der Waals surface area contributed by atoms with Gasteiger partial charge in [0.1, 0.15) is 5.60 Å². The summed E-state index contributed by atoms with van der Waals surface area (Å²) in [5, 5.41) is 0. The Kier molecular flexibility index (Phi) is 0.781. The molecule has 2 heterocycles. The van der Waals surface area contributed by atoms with Gasteiger partial charge in [-0.1, -0.05) is 0 Å². The average molecular weight is 124 g/mol. The Morgan fingerprint density at radius 2 is 2.44 bits per heavy atom. The largest absolute Gasteiger partial charge is 0.472 e. The van der Waals surface area contributed by atoms with Gasteiger partial charge in [0.15, 0.2) is 0 Å². The number of epoxide rings is 1. The van der Waals surface area contributed by atoms with E-state index in [4.69, 9.17) is 9.15 Å². The molecule has 2 nitrogen and oxygen atoms in total. The van der Waals surface area contributed by atoms with Crippen molar-refractivity contribution in [3.05, 3.63) is 24.2 Å². The van der Waals surface area contributed by atoms with Crippen LogP contribution in [0.2, 0.25) is 0 Å². The fraction of sp³-hybridized carbons (Fsp3) is 0.429. The summed E-state index contributed by atoms with van der Waals surface area (Å²) in [4.78, 5) is 0. The van der Waals surface area contributed by atoms with Gasteiger partial charge in [0, 0.05) is 5.56 Å². The molecule has 9 heavy (non-hydrogen) atoms. The fourth-order valence-electron chi connectivity index (χ4n) is 0.840. The molecule has 1 aliphatic heterocycles. The second kappa shape index (κ2) is 1.39. The topological polar surface area (TPSA) is 25.7 Å². The lowest BCUT2D eigenvalue weighted by Gasteiger charge is -1.95. The molecule has 0 aliphatic carbocycles. The predicted octanol–water partition coefficient (Wildman–Crippen LogP) is 1.52. The second-order valence-electron chi connectivity index (χ2n) is 2.53. The maximum atomic E-state index is 5.18. The Bertz CT molecular complexity index is 197. The molecule has 1 aromatic heterocycles. The molecule has 0 amide bonds. The number of ether oxygens (including phenoxy) is 1. The molecule has 48 valence electrons. The lowest BCUT2D eigenvalue weighted by Crippen LogP contribution is -1.98. The maximum Gasteiger partial charge on any atom is 0.117 e. The lowest BCUT2D eigenvalue weighted by atomic mass is 10.1. The summed E-state index contributed by atoms with van der Waals surface area (Å²) in [6, 6.07) is 1.94. The first-order valence-corrected chi connectivity index (χ1v) is 2.98. The zero-order valence-corrected chi connectivity index (χ0v) is 5.26. The van der Waals surface area contributed by atoms with Crippen LogP contribution >= 0.6 is 0 Å². The molecular weight excluding hydrogens is 116 g/mol. The van der Waals surface area contributed by atoms with Crippen LogP contribution in [0.3, 0.4) is 0 Å². The van der Waals surface area contributed by atoms with Crippen LogP contribution in [0.25, 0.3) is 0 Å². The molecule has 0 saturated carbocycles. The molecule has 0 radical (unpaired) electrons. The monoisotopic (exact) mass is 124 g/mol. The molecule has 0 N–H and O–H groups in total. The minimum Gasteiger partial charge on any atom is -0.472 e. The predicted molar refractivity (Wildman–Crippen MR) is 32.0 cm³/mol. The van der Waals surface area contributed by atoms with Gasteiger partial charge in [0.2, 0.25) is 0 Å². The summed E-state index contributed by atoms with van der Waals surface area (Å²) < 4.78 is 10.1. The summed E-state index contributed by atoms with van der Waals surface area (Å²) in [5.41, 5.74) is 1.12. The zero-order valence-electron chi connectivity index (χ0n) is 5.26. The maximum absolute atomic E-state index is 5.18. The van der Waals surface area contributed by atoms with E-state index in [9.17, 15) is 0 Å². The van der Waals surface area contributed by atoms with E-state index in [0.717, 1.165) is 12.2 Å². The molecule has 1 fully saturated rings. The number of hydrogen-bond acceptors (Lipinski definition) is 2. The minimum absolute atomic E-state index is 0.0208. The van der Waals surface area contributed by atoms with Gasteiger partial charge in [0.05, 0.1) is 19.1 Å². The molecule has 1 aliphatic rings. The highest BCUT2D eigenvalue weighted by Crippen LogP contribution is 2.37. The number of hydrogen-bond donors (Lipinski definition) is 0. The Hall–Kier alpha value is -0.760. The van der Waals surface area contributed by atoms with Gasteiger partial charge in [-0.15, -0.1) is 0 Å². The van der Waals surface area contributed by atoms with E-state index < -0.39 is 0 Å². The average Bonchev–Trinajstić information content (AvgIpc) is 2.46. The zero-order chi connectivity index (χ0) is 6.32. The van der Waals surface area contributed by atoms with Gasteiger partial charge in [-0.2, -0.15) is 0 Å². The Balaban J connectivity index is 2.34. The fourth-order valence-corrected chi connectivity index (χ4v) is 0.840. The van der Waals surface area contributed by atoms with Crippen LogP contribution in [0, 0.1) is 0 Å². The smallest absolute Gasteiger partial charge is 0.117 e. The van der Waals surface area contributed by atoms with Crippen molar-refractivity contribution < 1.29 is 9.15 Å². The van der Waals surface area contributed by atoms with Crippen LogP contribution in [0.5, 0.6) is 0 Å². The van der Waals surface area contributed by atoms with Crippen LogP contribution in [0.4, 0.5) is 0 Å². The highest BCUT2D eigenvalue weighted by Gasteiger charge is 2.41. The highest BCUT2D eigenvalue weighted by molar-refractivity contribution is 5.19. The van der Waals surface area contributed by atoms with Gasteiger partial charge in [-0.25, -0.2) is 0 Å². The molecular formula is C7H8O2. The van der Waals surface area contributed by atoms with Gasteiger partial charge < -0.3 is 9.15 Å². The van der Waals surface area contributed by atoms with Crippen LogP contribution in [-0.4, -0.2) is 6.61 Å². The van der Waals surface area contributed by atoms with Crippen molar-refractivity contribution in [2.75, 3.05) is 6.61 Å². The normalized spacial score (nSPS) is 32.6. The van der Waals surface area contributed by atoms with E-state index in [-0.39, 0.29) is 5.60 Å². The van der Waals surface area contributed by atoms with E-state index >= 15 is 0 Å². The van der Waals surface area contributed by atoms with E-state index in [1.54, 1.807) is 12.5 Å². The first-order valence-electron chi connectivity index (χ1n) is 2.98. The Labute approximate surface area is 53.4 Å². The minimum atomic E-state index is -0.0208. The molecule has 0 aromatic carbocycles. The van der Waals surface area contributed by atoms with Crippen LogP contribution in [0.1, 0.15) is 12.5 Å². The van der Waals surface area contributed by atoms with Crippen molar-refractivity contribution >= 4 is 0 Å². The van der Waals surface area contributed by atoms with Crippen LogP contribution < -0.4 is 0 Å². The van der Waals surface area contributed by atoms with Crippen molar-refractivity contribution in [3.8, 4) is 0 Å². The molecule has 1 atom stereocenters. The molecule has 0 bridgehead atoms. The molecule has 1 saturated heterocycles. The number of rotatable bonds is 1. The highest BCUT2D eigenvalue weighted by atomic mass is 16.6. The Morgan fingerprint density at radius 1 is 1.67 bits per heavy atom. The summed E-state index contributed by atoms with van der Waals surface area (Å²) in [6.45, 7) is 2.88. The molecule has 1 aromatic rings. The van der Waals surface area contributed by atoms with Gasteiger partial charge in [0.25, 0.3) is 0 Å². The summed E-state index contributed by atoms with van der Waals surface area (Å²) in [5.74, 6) is 0. The van der Waals surface area contributed by atoms with E-state index in [2.05, 4.69) is 6.92 Å². The summed E-state index contributed by atoms with van der Waals surface area (Å²) in [7, 11) is 0. The summed E-state index contributed by atoms with van der Waals surface area (Å²) in [6.07, 6.45) is 3.40. The third-order valence-corrected chi connectivity index (χ3v) is 1.71. The van der Waals surface area contributed by atoms with Crippen molar-refractivity contribution in [2.45, 2.75) is 12.5 Å². The van der Waals surface area contributed by atoms with Crippen molar-refractivity contribution in [2.24, 2.45) is 0 Å². The van der Waals surface area contributed by atoms with Gasteiger partial charge in [-0.3, -0.25) is 0 Å². The molecule has 2 heteroatoms. The van der Waals surface area contributed by atoms with Crippen molar-refractivity contribution in [1.29, 1.82) is 0 Å². The first kappa shape index (κ1) is 5.06. The third-order valence-electron chi connectivity index (χ3n) is 1.71. The molecule has 1 unspecified atom stereocenters. The van der Waals surface area contributed by atoms with Crippen molar-refractivity contribution in [3.63, 3.8) is 0 Å². The Morgan fingerprint density at radius 3 is 2.89 bits per heavy atom. The molecule has 2 rings (SSSR count). The summed E-state index contributed by atoms with van der Waals surface area (Å²) >= 11 is 0. The number of furan rings is 1. The van der Waals surface area contributed by atoms with E-state index in [0.29, 0.717) is 0 Å². The van der Waals surface area contributed by atoms with Gasteiger partial charge >= 0.3 is 0 Å².